The van der Waals surface area contributed by atoms with Gasteiger partial charge in [0.15, 0.2) is 0 Å². The molecule has 154 valence electrons. The molecule has 1 heterocycles. The Kier molecular flexibility index (Phi) is 9.15. The van der Waals surface area contributed by atoms with Crippen molar-refractivity contribution in [3.8, 4) is 0 Å². The number of aldehydes is 1. The molecule has 0 bridgehead atoms. The van der Waals surface area contributed by atoms with Gasteiger partial charge in [0.2, 0.25) is 5.96 Å². The molecule has 1 aliphatic rings. The Balaban J connectivity index is 2.19. The molecule has 1 aromatic carbocycles. The summed E-state index contributed by atoms with van der Waals surface area (Å²) in [5, 5.41) is 0. The summed E-state index contributed by atoms with van der Waals surface area (Å²) in [6.07, 6.45) is 11.5. The van der Waals surface area contributed by atoms with E-state index in [1.165, 1.54) is 6.07 Å². The maximum absolute atomic E-state index is 13.6. The first-order chi connectivity index (χ1) is 14.1. The molecule has 0 atom stereocenters. The number of benzene rings is 1. The minimum atomic E-state index is -0.210. The minimum Gasteiger partial charge on any atom is -0.337 e. The molecule has 1 aromatic rings. The number of hydrogen-bond donors (Lipinski definition) is 0. The molecular formula is C23H29FN4O. The van der Waals surface area contributed by atoms with Crippen molar-refractivity contribution in [1.29, 1.82) is 0 Å². The predicted molar refractivity (Wildman–Crippen MR) is 119 cm³/mol. The zero-order chi connectivity index (χ0) is 21.1. The Morgan fingerprint density at radius 1 is 1.28 bits per heavy atom. The van der Waals surface area contributed by atoms with Crippen molar-refractivity contribution in [2.24, 2.45) is 15.0 Å². The van der Waals surface area contributed by atoms with E-state index in [0.29, 0.717) is 25.3 Å². The quantitative estimate of drug-likeness (QED) is 0.464. The lowest BCUT2D eigenvalue weighted by atomic mass is 9.97. The highest BCUT2D eigenvalue weighted by Crippen LogP contribution is 2.16. The van der Waals surface area contributed by atoms with E-state index in [1.54, 1.807) is 24.2 Å². The van der Waals surface area contributed by atoms with Gasteiger partial charge in [-0.3, -0.25) is 4.99 Å². The zero-order valence-corrected chi connectivity index (χ0v) is 17.4. The Labute approximate surface area is 172 Å². The van der Waals surface area contributed by atoms with Crippen molar-refractivity contribution < 1.29 is 9.18 Å². The molecule has 0 amide bonds. The first-order valence-corrected chi connectivity index (χ1v) is 9.97. The second-order valence-electron chi connectivity index (χ2n) is 6.83. The van der Waals surface area contributed by atoms with Gasteiger partial charge in [-0.15, -0.1) is 0 Å². The van der Waals surface area contributed by atoms with E-state index in [9.17, 15) is 9.18 Å². The van der Waals surface area contributed by atoms with E-state index < -0.39 is 0 Å². The van der Waals surface area contributed by atoms with Crippen LogP contribution in [-0.4, -0.2) is 49.2 Å². The van der Waals surface area contributed by atoms with Gasteiger partial charge >= 0.3 is 0 Å². The molecule has 0 radical (unpaired) electrons. The number of aliphatic imine (C=N–C) groups is 3. The number of carbonyl (C=O) groups excluding carboxylic acids is 1. The van der Waals surface area contributed by atoms with Gasteiger partial charge in [0.1, 0.15) is 12.1 Å². The SMILES string of the molecule is CC/C=C\N=C(\CC1=CCN=C(N(C)CC=O)N=C1)Cc1ccc(F)cc1CC. The van der Waals surface area contributed by atoms with Crippen molar-refractivity contribution in [3.63, 3.8) is 0 Å². The average Bonchev–Trinajstić information content (AvgIpc) is 2.95. The number of likely N-dealkylation sites (N-methyl/N-ethyl adjacent to an activating group) is 1. The number of allylic oxidation sites excluding steroid dienone is 2. The predicted octanol–water partition coefficient (Wildman–Crippen LogP) is 4.18. The largest absolute Gasteiger partial charge is 0.337 e. The van der Waals surface area contributed by atoms with Crippen LogP contribution < -0.4 is 0 Å². The van der Waals surface area contributed by atoms with E-state index >= 15 is 0 Å². The summed E-state index contributed by atoms with van der Waals surface area (Å²) in [6, 6.07) is 4.95. The standard InChI is InChI=1S/C23H29FN4O/c1-4-6-10-25-22(16-20-7-8-21(24)15-19(20)5-2)14-18-9-11-26-23(27-17-18)28(3)12-13-29/h6-10,13,15,17H,4-5,11-12,14,16H2,1-3H3/b10-6-,25-22-. The van der Waals surface area contributed by atoms with Gasteiger partial charge in [-0.25, -0.2) is 14.4 Å². The van der Waals surface area contributed by atoms with Crippen LogP contribution in [0.5, 0.6) is 0 Å². The first kappa shape index (κ1) is 22.4. The third-order valence-corrected chi connectivity index (χ3v) is 4.57. The Morgan fingerprint density at radius 2 is 2.10 bits per heavy atom. The fourth-order valence-electron chi connectivity index (χ4n) is 2.98. The molecule has 0 saturated carbocycles. The van der Waals surface area contributed by atoms with E-state index in [2.05, 4.69) is 21.9 Å². The molecule has 0 aromatic heterocycles. The van der Waals surface area contributed by atoms with Gasteiger partial charge in [0.05, 0.1) is 13.1 Å². The summed E-state index contributed by atoms with van der Waals surface area (Å²) in [6.45, 7) is 4.85. The van der Waals surface area contributed by atoms with Crippen molar-refractivity contribution in [1.82, 2.24) is 4.90 Å². The second-order valence-corrected chi connectivity index (χ2v) is 6.83. The van der Waals surface area contributed by atoms with Crippen LogP contribution in [0.2, 0.25) is 0 Å². The van der Waals surface area contributed by atoms with Crippen LogP contribution in [0.15, 0.2) is 57.1 Å². The van der Waals surface area contributed by atoms with Gasteiger partial charge in [0, 0.05) is 38.0 Å². The minimum absolute atomic E-state index is 0.210. The van der Waals surface area contributed by atoms with E-state index in [4.69, 9.17) is 0 Å². The highest BCUT2D eigenvalue weighted by Gasteiger charge is 2.11. The van der Waals surface area contributed by atoms with E-state index in [1.807, 2.05) is 31.3 Å². The number of rotatable bonds is 9. The molecule has 29 heavy (non-hydrogen) atoms. The van der Waals surface area contributed by atoms with Gasteiger partial charge in [-0.2, -0.15) is 0 Å². The zero-order valence-electron chi connectivity index (χ0n) is 17.4. The monoisotopic (exact) mass is 396 g/mol. The summed E-state index contributed by atoms with van der Waals surface area (Å²) >= 11 is 0. The summed E-state index contributed by atoms with van der Waals surface area (Å²) in [4.78, 5) is 25.9. The van der Waals surface area contributed by atoms with Crippen LogP contribution in [0, 0.1) is 5.82 Å². The topological polar surface area (TPSA) is 57.4 Å². The van der Waals surface area contributed by atoms with Gasteiger partial charge < -0.3 is 9.69 Å². The van der Waals surface area contributed by atoms with Gasteiger partial charge in [-0.1, -0.05) is 32.1 Å². The fourth-order valence-corrected chi connectivity index (χ4v) is 2.98. The number of nitrogens with zero attached hydrogens (tertiary/aromatic N) is 4. The lowest BCUT2D eigenvalue weighted by Crippen LogP contribution is -2.27. The van der Waals surface area contributed by atoms with E-state index in [-0.39, 0.29) is 12.4 Å². The van der Waals surface area contributed by atoms with Crippen LogP contribution in [0.3, 0.4) is 0 Å². The van der Waals surface area contributed by atoms with Crippen molar-refractivity contribution >= 4 is 24.2 Å². The summed E-state index contributed by atoms with van der Waals surface area (Å²) < 4.78 is 13.6. The number of carbonyl (C=O) groups is 1. The normalized spacial score (nSPS) is 14.6. The highest BCUT2D eigenvalue weighted by atomic mass is 19.1. The van der Waals surface area contributed by atoms with E-state index in [0.717, 1.165) is 41.5 Å². The molecule has 6 heteroatoms. The lowest BCUT2D eigenvalue weighted by molar-refractivity contribution is -0.108. The average molecular weight is 397 g/mol. The highest BCUT2D eigenvalue weighted by molar-refractivity contribution is 6.00. The fraction of sp³-hybridized carbons (Fsp3) is 0.391. The molecule has 2 rings (SSSR count). The number of halogens is 1. The molecule has 1 aliphatic heterocycles. The molecule has 0 fully saturated rings. The van der Waals surface area contributed by atoms with Crippen molar-refractivity contribution in [2.75, 3.05) is 20.1 Å². The van der Waals surface area contributed by atoms with Crippen molar-refractivity contribution in [2.45, 2.75) is 39.5 Å². The third-order valence-electron chi connectivity index (χ3n) is 4.57. The Morgan fingerprint density at radius 3 is 2.83 bits per heavy atom. The Bertz CT molecular complexity index is 852. The smallest absolute Gasteiger partial charge is 0.221 e. The molecule has 0 unspecified atom stereocenters. The lowest BCUT2D eigenvalue weighted by Gasteiger charge is -2.13. The molecular weight excluding hydrogens is 367 g/mol. The molecule has 0 spiro atoms. The summed E-state index contributed by atoms with van der Waals surface area (Å²) in [5.74, 6) is 0.331. The van der Waals surface area contributed by atoms with Gasteiger partial charge in [-0.05, 0) is 41.7 Å². The van der Waals surface area contributed by atoms with Crippen LogP contribution in [0.25, 0.3) is 0 Å². The number of aryl methyl sites for hydroxylation is 1. The third kappa shape index (κ3) is 7.22. The molecule has 5 nitrogen and oxygen atoms in total. The second kappa shape index (κ2) is 11.8. The number of hydrogen-bond acceptors (Lipinski definition) is 5. The van der Waals surface area contributed by atoms with Crippen LogP contribution in [0.1, 0.15) is 37.8 Å². The van der Waals surface area contributed by atoms with Crippen molar-refractivity contribution in [3.05, 3.63) is 59.1 Å². The first-order valence-electron chi connectivity index (χ1n) is 9.97. The molecule has 0 saturated heterocycles. The number of guanidine groups is 1. The van der Waals surface area contributed by atoms with Crippen LogP contribution in [-0.2, 0) is 17.6 Å². The molecule has 0 N–H and O–H groups in total. The van der Waals surface area contributed by atoms with Crippen LogP contribution >= 0.6 is 0 Å². The van der Waals surface area contributed by atoms with Gasteiger partial charge in [0.25, 0.3) is 0 Å². The summed E-state index contributed by atoms with van der Waals surface area (Å²) in [7, 11) is 1.79. The molecule has 0 aliphatic carbocycles. The maximum atomic E-state index is 13.6. The van der Waals surface area contributed by atoms with Crippen LogP contribution in [0.4, 0.5) is 4.39 Å². The summed E-state index contributed by atoms with van der Waals surface area (Å²) in [5.41, 5.74) is 4.10. The maximum Gasteiger partial charge on any atom is 0.221 e. The Hall–Kier alpha value is -2.89.